The molecule has 9 heteroatoms. The van der Waals surface area contributed by atoms with Crippen LogP contribution in [0.3, 0.4) is 0 Å². The number of aryl methyl sites for hydroxylation is 1. The first kappa shape index (κ1) is 25.6. The van der Waals surface area contributed by atoms with Gasteiger partial charge in [0.2, 0.25) is 5.91 Å². The number of ether oxygens (including phenoxy) is 2. The van der Waals surface area contributed by atoms with Gasteiger partial charge < -0.3 is 14.8 Å². The van der Waals surface area contributed by atoms with E-state index in [0.717, 1.165) is 15.4 Å². The van der Waals surface area contributed by atoms with Crippen LogP contribution in [0.1, 0.15) is 18.1 Å². The molecule has 182 valence electrons. The van der Waals surface area contributed by atoms with Crippen molar-refractivity contribution < 1.29 is 22.7 Å². The minimum Gasteiger partial charge on any atom is -0.495 e. The molecule has 0 heterocycles. The SMILES string of the molecule is CCOc1ccc(N(CC(=O)Nc2ccc(CC#N)cc2)S(=O)(=O)c2cc(C)ccc2OC)cc1. The van der Waals surface area contributed by atoms with E-state index in [9.17, 15) is 13.2 Å². The van der Waals surface area contributed by atoms with E-state index in [1.165, 1.54) is 13.2 Å². The van der Waals surface area contributed by atoms with Crippen LogP contribution in [0.15, 0.2) is 71.6 Å². The molecule has 0 aliphatic carbocycles. The van der Waals surface area contributed by atoms with Crippen LogP contribution in [-0.2, 0) is 21.2 Å². The minimum atomic E-state index is -4.18. The van der Waals surface area contributed by atoms with Gasteiger partial charge in [0.25, 0.3) is 10.0 Å². The average Bonchev–Trinajstić information content (AvgIpc) is 2.84. The molecule has 0 aliphatic heterocycles. The summed E-state index contributed by atoms with van der Waals surface area (Å²) in [5.74, 6) is 0.241. The molecule has 0 fully saturated rings. The Hall–Kier alpha value is -4.03. The Bertz CT molecular complexity index is 1310. The predicted molar refractivity (Wildman–Crippen MR) is 134 cm³/mol. The van der Waals surface area contributed by atoms with Gasteiger partial charge in [0, 0.05) is 5.69 Å². The lowest BCUT2D eigenvalue weighted by atomic mass is 10.1. The highest BCUT2D eigenvalue weighted by Crippen LogP contribution is 2.31. The smallest absolute Gasteiger partial charge is 0.268 e. The molecule has 0 aliphatic rings. The monoisotopic (exact) mass is 493 g/mol. The zero-order valence-electron chi connectivity index (χ0n) is 19.8. The van der Waals surface area contributed by atoms with Crippen molar-refractivity contribution in [2.45, 2.75) is 25.2 Å². The molecule has 3 aromatic rings. The fraction of sp³-hybridized carbons (Fsp3) is 0.231. The van der Waals surface area contributed by atoms with Crippen LogP contribution in [0.25, 0.3) is 0 Å². The standard InChI is InChI=1S/C26H27N3O5S/c1-4-34-23-12-10-22(11-13-23)29(35(31,32)25-17-19(2)5-14-24(25)33-3)18-26(30)28-21-8-6-20(7-9-21)15-16-27/h5-14,17H,4,15,18H2,1-3H3,(H,28,30). The summed E-state index contributed by atoms with van der Waals surface area (Å²) >= 11 is 0. The van der Waals surface area contributed by atoms with Gasteiger partial charge in [-0.05, 0) is 73.5 Å². The lowest BCUT2D eigenvalue weighted by Gasteiger charge is -2.25. The van der Waals surface area contributed by atoms with E-state index in [1.54, 1.807) is 67.6 Å². The van der Waals surface area contributed by atoms with Crippen LogP contribution in [0.2, 0.25) is 0 Å². The summed E-state index contributed by atoms with van der Waals surface area (Å²) in [6.07, 6.45) is 0.260. The molecule has 35 heavy (non-hydrogen) atoms. The molecule has 8 nitrogen and oxygen atoms in total. The molecule has 0 spiro atoms. The van der Waals surface area contributed by atoms with Gasteiger partial charge >= 0.3 is 0 Å². The van der Waals surface area contributed by atoms with Crippen molar-refractivity contribution in [2.24, 2.45) is 0 Å². The summed E-state index contributed by atoms with van der Waals surface area (Å²) in [5.41, 5.74) is 2.35. The maximum atomic E-state index is 13.8. The van der Waals surface area contributed by atoms with Crippen molar-refractivity contribution in [3.05, 3.63) is 77.9 Å². The van der Waals surface area contributed by atoms with Gasteiger partial charge in [0.05, 0.1) is 31.9 Å². The van der Waals surface area contributed by atoms with Crippen molar-refractivity contribution in [3.63, 3.8) is 0 Å². The number of hydrogen-bond donors (Lipinski definition) is 1. The number of sulfonamides is 1. The molecule has 0 aromatic heterocycles. The van der Waals surface area contributed by atoms with Gasteiger partial charge in [0.15, 0.2) is 0 Å². The molecule has 0 unspecified atom stereocenters. The zero-order chi connectivity index (χ0) is 25.4. The maximum absolute atomic E-state index is 13.8. The Morgan fingerprint density at radius 3 is 2.34 bits per heavy atom. The number of hydrogen-bond acceptors (Lipinski definition) is 6. The summed E-state index contributed by atoms with van der Waals surface area (Å²) in [7, 11) is -2.78. The van der Waals surface area contributed by atoms with Gasteiger partial charge in [-0.3, -0.25) is 9.10 Å². The van der Waals surface area contributed by atoms with Crippen molar-refractivity contribution in [1.82, 2.24) is 0 Å². The number of carbonyl (C=O) groups excluding carboxylic acids is 1. The lowest BCUT2D eigenvalue weighted by molar-refractivity contribution is -0.114. The van der Waals surface area contributed by atoms with Crippen molar-refractivity contribution >= 4 is 27.3 Å². The van der Waals surface area contributed by atoms with E-state index in [1.807, 2.05) is 6.92 Å². The van der Waals surface area contributed by atoms with Gasteiger partial charge in [-0.15, -0.1) is 0 Å². The summed E-state index contributed by atoms with van der Waals surface area (Å²) < 4.78 is 39.4. The Morgan fingerprint density at radius 2 is 1.74 bits per heavy atom. The van der Waals surface area contributed by atoms with Gasteiger partial charge in [0.1, 0.15) is 22.9 Å². The van der Waals surface area contributed by atoms with Gasteiger partial charge in [-0.1, -0.05) is 18.2 Å². The van der Waals surface area contributed by atoms with Gasteiger partial charge in [-0.25, -0.2) is 8.42 Å². The number of carbonyl (C=O) groups is 1. The lowest BCUT2D eigenvalue weighted by Crippen LogP contribution is -2.38. The fourth-order valence-electron chi connectivity index (χ4n) is 3.42. The molecule has 0 atom stereocenters. The van der Waals surface area contributed by atoms with Crippen LogP contribution in [0.5, 0.6) is 11.5 Å². The Labute approximate surface area is 205 Å². The number of nitrogens with zero attached hydrogens (tertiary/aromatic N) is 2. The van der Waals surface area contributed by atoms with E-state index < -0.39 is 22.5 Å². The summed E-state index contributed by atoms with van der Waals surface area (Å²) in [6.45, 7) is 3.64. The van der Waals surface area contributed by atoms with E-state index in [-0.39, 0.29) is 17.1 Å². The molecular formula is C26H27N3O5S. The Balaban J connectivity index is 1.96. The van der Waals surface area contributed by atoms with Crippen LogP contribution >= 0.6 is 0 Å². The molecule has 0 bridgehead atoms. The van der Waals surface area contributed by atoms with E-state index in [2.05, 4.69) is 11.4 Å². The molecule has 3 aromatic carbocycles. The first-order valence-electron chi connectivity index (χ1n) is 10.9. The van der Waals surface area contributed by atoms with E-state index in [4.69, 9.17) is 14.7 Å². The third-order valence-corrected chi connectivity index (χ3v) is 6.93. The zero-order valence-corrected chi connectivity index (χ0v) is 20.6. The van der Waals surface area contributed by atoms with Crippen molar-refractivity contribution in [2.75, 3.05) is 29.9 Å². The number of rotatable bonds is 10. The highest BCUT2D eigenvalue weighted by atomic mass is 32.2. The number of nitriles is 1. The first-order valence-corrected chi connectivity index (χ1v) is 12.4. The first-order chi connectivity index (χ1) is 16.8. The Kier molecular flexibility index (Phi) is 8.34. The molecule has 0 saturated carbocycles. The molecule has 1 amide bonds. The predicted octanol–water partition coefficient (Wildman–Crippen LogP) is 4.30. The third kappa shape index (κ3) is 6.31. The number of amides is 1. The second-order valence-corrected chi connectivity index (χ2v) is 9.50. The quantitative estimate of drug-likeness (QED) is 0.451. The number of benzene rings is 3. The normalized spacial score (nSPS) is 10.8. The molecule has 1 N–H and O–H groups in total. The van der Waals surface area contributed by atoms with Crippen molar-refractivity contribution in [3.8, 4) is 17.6 Å². The summed E-state index contributed by atoms with van der Waals surface area (Å²) in [4.78, 5) is 12.9. The third-order valence-electron chi connectivity index (χ3n) is 5.13. The van der Waals surface area contributed by atoms with Crippen LogP contribution < -0.4 is 19.1 Å². The number of nitrogens with one attached hydrogen (secondary N) is 1. The van der Waals surface area contributed by atoms with E-state index in [0.29, 0.717) is 23.7 Å². The minimum absolute atomic E-state index is 0.0393. The van der Waals surface area contributed by atoms with Gasteiger partial charge in [-0.2, -0.15) is 5.26 Å². The molecule has 0 radical (unpaired) electrons. The molecule has 3 rings (SSSR count). The highest BCUT2D eigenvalue weighted by Gasteiger charge is 2.30. The average molecular weight is 494 g/mol. The molecule has 0 saturated heterocycles. The van der Waals surface area contributed by atoms with Crippen LogP contribution in [-0.4, -0.2) is 34.6 Å². The number of methoxy groups -OCH3 is 1. The Morgan fingerprint density at radius 1 is 1.06 bits per heavy atom. The molecular weight excluding hydrogens is 466 g/mol. The fourth-order valence-corrected chi connectivity index (χ4v) is 5.09. The second kappa shape index (κ2) is 11.4. The largest absolute Gasteiger partial charge is 0.495 e. The summed E-state index contributed by atoms with van der Waals surface area (Å²) in [5, 5.41) is 11.5. The highest BCUT2D eigenvalue weighted by molar-refractivity contribution is 7.93. The van der Waals surface area contributed by atoms with E-state index >= 15 is 0 Å². The van der Waals surface area contributed by atoms with Crippen LogP contribution in [0, 0.1) is 18.3 Å². The summed E-state index contributed by atoms with van der Waals surface area (Å²) in [6, 6.07) is 20.2. The maximum Gasteiger partial charge on any atom is 0.268 e. The van der Waals surface area contributed by atoms with Crippen LogP contribution in [0.4, 0.5) is 11.4 Å². The second-order valence-electron chi connectivity index (χ2n) is 7.67. The topological polar surface area (TPSA) is 109 Å². The number of anilines is 2. The van der Waals surface area contributed by atoms with Crippen molar-refractivity contribution in [1.29, 1.82) is 5.26 Å².